The van der Waals surface area contributed by atoms with Gasteiger partial charge < -0.3 is 0 Å². The van der Waals surface area contributed by atoms with E-state index < -0.39 is 21.8 Å². The molecule has 1 aliphatic heterocycles. The minimum atomic E-state index is -4.56. The standard InChI is InChI=1S/C13H15ClF3NO2S/c14-6-4-10-5-7-18(9-10)21(19,20)12-3-1-2-11(8-12)13(15,16)17/h1-3,8,10H,4-7,9H2. The Labute approximate surface area is 126 Å². The summed E-state index contributed by atoms with van der Waals surface area (Å²) in [5, 5.41) is 0. The van der Waals surface area contributed by atoms with Gasteiger partial charge in [-0.25, -0.2) is 8.42 Å². The number of nitrogens with zero attached hydrogens (tertiary/aromatic N) is 1. The fraction of sp³-hybridized carbons (Fsp3) is 0.538. The van der Waals surface area contributed by atoms with E-state index in [4.69, 9.17) is 11.6 Å². The number of rotatable bonds is 4. The van der Waals surface area contributed by atoms with E-state index >= 15 is 0 Å². The Hall–Kier alpha value is -0.790. The topological polar surface area (TPSA) is 37.4 Å². The molecule has 3 nitrogen and oxygen atoms in total. The molecule has 0 bridgehead atoms. The summed E-state index contributed by atoms with van der Waals surface area (Å²) in [6.07, 6.45) is -3.17. The van der Waals surface area contributed by atoms with E-state index in [1.807, 2.05) is 0 Å². The lowest BCUT2D eigenvalue weighted by molar-refractivity contribution is -0.137. The smallest absolute Gasteiger partial charge is 0.207 e. The Morgan fingerprint density at radius 3 is 2.67 bits per heavy atom. The summed E-state index contributed by atoms with van der Waals surface area (Å²) in [7, 11) is -3.88. The van der Waals surface area contributed by atoms with E-state index in [0.717, 1.165) is 12.1 Å². The highest BCUT2D eigenvalue weighted by atomic mass is 35.5. The first-order chi connectivity index (χ1) is 9.75. The summed E-state index contributed by atoms with van der Waals surface area (Å²) in [5.74, 6) is 0.616. The zero-order valence-corrected chi connectivity index (χ0v) is 12.7. The second-order valence-electron chi connectivity index (χ2n) is 5.02. The Morgan fingerprint density at radius 1 is 1.33 bits per heavy atom. The molecule has 1 unspecified atom stereocenters. The largest absolute Gasteiger partial charge is 0.416 e. The summed E-state index contributed by atoms with van der Waals surface area (Å²) in [6, 6.07) is 3.85. The van der Waals surface area contributed by atoms with Crippen LogP contribution in [0.15, 0.2) is 29.2 Å². The number of hydrogen-bond acceptors (Lipinski definition) is 2. The molecule has 1 aromatic carbocycles. The molecule has 8 heteroatoms. The van der Waals surface area contributed by atoms with Crippen molar-refractivity contribution in [3.63, 3.8) is 0 Å². The van der Waals surface area contributed by atoms with Gasteiger partial charge in [0.25, 0.3) is 0 Å². The van der Waals surface area contributed by atoms with E-state index in [9.17, 15) is 21.6 Å². The predicted molar refractivity (Wildman–Crippen MR) is 73.6 cm³/mol. The molecule has 0 radical (unpaired) electrons. The fourth-order valence-electron chi connectivity index (χ4n) is 2.39. The highest BCUT2D eigenvalue weighted by molar-refractivity contribution is 7.89. The average molecular weight is 342 g/mol. The van der Waals surface area contributed by atoms with Gasteiger partial charge in [0.2, 0.25) is 10.0 Å². The summed E-state index contributed by atoms with van der Waals surface area (Å²) in [6.45, 7) is 0.630. The average Bonchev–Trinajstić information content (AvgIpc) is 2.88. The van der Waals surface area contributed by atoms with Gasteiger partial charge in [0, 0.05) is 19.0 Å². The number of alkyl halides is 4. The van der Waals surface area contributed by atoms with Crippen LogP contribution in [0.4, 0.5) is 13.2 Å². The highest BCUT2D eigenvalue weighted by Gasteiger charge is 2.35. The molecular formula is C13H15ClF3NO2S. The SMILES string of the molecule is O=S(=O)(c1cccc(C(F)(F)F)c1)N1CCC(CCCl)C1. The molecule has 118 valence electrons. The van der Waals surface area contributed by atoms with Gasteiger partial charge in [-0.05, 0) is 37.0 Å². The number of halogens is 4. The van der Waals surface area contributed by atoms with Gasteiger partial charge in [0.15, 0.2) is 0 Å². The maximum Gasteiger partial charge on any atom is 0.416 e. The van der Waals surface area contributed by atoms with Gasteiger partial charge in [0.1, 0.15) is 0 Å². The molecule has 21 heavy (non-hydrogen) atoms. The van der Waals surface area contributed by atoms with Crippen LogP contribution in [0.2, 0.25) is 0 Å². The van der Waals surface area contributed by atoms with Crippen molar-refractivity contribution in [1.29, 1.82) is 0 Å². The zero-order valence-electron chi connectivity index (χ0n) is 11.1. The molecule has 0 N–H and O–H groups in total. The molecule has 0 spiro atoms. The number of benzene rings is 1. The van der Waals surface area contributed by atoms with E-state index in [2.05, 4.69) is 0 Å². The monoisotopic (exact) mass is 341 g/mol. The van der Waals surface area contributed by atoms with Crippen molar-refractivity contribution in [2.45, 2.75) is 23.9 Å². The second kappa shape index (κ2) is 6.14. The van der Waals surface area contributed by atoms with Crippen LogP contribution in [-0.4, -0.2) is 31.7 Å². The Balaban J connectivity index is 2.25. The van der Waals surface area contributed by atoms with Crippen molar-refractivity contribution in [1.82, 2.24) is 4.31 Å². The van der Waals surface area contributed by atoms with Crippen LogP contribution in [0.1, 0.15) is 18.4 Å². The molecule has 0 aliphatic carbocycles. The quantitative estimate of drug-likeness (QED) is 0.788. The first-order valence-corrected chi connectivity index (χ1v) is 8.46. The van der Waals surface area contributed by atoms with E-state index in [1.54, 1.807) is 0 Å². The molecule has 0 amide bonds. The van der Waals surface area contributed by atoms with Crippen LogP contribution in [0.5, 0.6) is 0 Å². The summed E-state index contributed by atoms with van der Waals surface area (Å²) < 4.78 is 64.0. The number of hydrogen-bond donors (Lipinski definition) is 0. The molecule has 1 fully saturated rings. The van der Waals surface area contributed by atoms with Crippen molar-refractivity contribution < 1.29 is 21.6 Å². The number of sulfonamides is 1. The zero-order chi connectivity index (χ0) is 15.7. The maximum atomic E-state index is 12.7. The highest BCUT2D eigenvalue weighted by Crippen LogP contribution is 2.32. The van der Waals surface area contributed by atoms with Crippen LogP contribution in [-0.2, 0) is 16.2 Å². The third-order valence-corrected chi connectivity index (χ3v) is 5.64. The first-order valence-electron chi connectivity index (χ1n) is 6.48. The lowest BCUT2D eigenvalue weighted by Gasteiger charge is -2.17. The minimum Gasteiger partial charge on any atom is -0.207 e. The normalized spacial score (nSPS) is 20.9. The lowest BCUT2D eigenvalue weighted by Crippen LogP contribution is -2.29. The molecule has 1 saturated heterocycles. The maximum absolute atomic E-state index is 12.7. The Bertz CT molecular complexity index is 604. The van der Waals surface area contributed by atoms with Gasteiger partial charge in [-0.15, -0.1) is 11.6 Å². The van der Waals surface area contributed by atoms with E-state index in [1.165, 1.54) is 10.4 Å². The molecule has 0 aromatic heterocycles. The van der Waals surface area contributed by atoms with Gasteiger partial charge in [-0.1, -0.05) is 6.07 Å². The minimum absolute atomic E-state index is 0.170. The van der Waals surface area contributed by atoms with Crippen molar-refractivity contribution in [3.8, 4) is 0 Å². The van der Waals surface area contributed by atoms with Crippen molar-refractivity contribution in [2.24, 2.45) is 5.92 Å². The summed E-state index contributed by atoms with van der Waals surface area (Å²) in [4.78, 5) is -0.316. The predicted octanol–water partition coefficient (Wildman–Crippen LogP) is 3.34. The molecule has 1 heterocycles. The van der Waals surface area contributed by atoms with Gasteiger partial charge in [0.05, 0.1) is 10.5 Å². The first kappa shape index (κ1) is 16.6. The van der Waals surface area contributed by atoms with Crippen molar-refractivity contribution >= 4 is 21.6 Å². The Morgan fingerprint density at radius 2 is 2.05 bits per heavy atom. The van der Waals surface area contributed by atoms with Gasteiger partial charge >= 0.3 is 6.18 Å². The van der Waals surface area contributed by atoms with Gasteiger partial charge in [-0.3, -0.25) is 0 Å². The lowest BCUT2D eigenvalue weighted by atomic mass is 10.1. The van der Waals surface area contributed by atoms with Crippen LogP contribution in [0.25, 0.3) is 0 Å². The summed E-state index contributed by atoms with van der Waals surface area (Å²) >= 11 is 5.64. The molecule has 1 aliphatic rings. The molecule has 1 aromatic rings. The second-order valence-corrected chi connectivity index (χ2v) is 7.34. The molecule has 1 atom stereocenters. The van der Waals surface area contributed by atoms with E-state index in [-0.39, 0.29) is 10.8 Å². The Kier molecular flexibility index (Phi) is 4.85. The molecule has 2 rings (SSSR count). The van der Waals surface area contributed by atoms with Crippen molar-refractivity contribution in [3.05, 3.63) is 29.8 Å². The third kappa shape index (κ3) is 3.70. The van der Waals surface area contributed by atoms with Crippen molar-refractivity contribution in [2.75, 3.05) is 19.0 Å². The van der Waals surface area contributed by atoms with E-state index in [0.29, 0.717) is 37.9 Å². The molecule has 0 saturated carbocycles. The fourth-order valence-corrected chi connectivity index (χ4v) is 4.27. The third-order valence-electron chi connectivity index (χ3n) is 3.57. The van der Waals surface area contributed by atoms with Crippen LogP contribution < -0.4 is 0 Å². The van der Waals surface area contributed by atoms with Crippen LogP contribution in [0.3, 0.4) is 0 Å². The summed E-state index contributed by atoms with van der Waals surface area (Å²) in [5.41, 5.74) is -0.958. The molecular weight excluding hydrogens is 327 g/mol. The van der Waals surface area contributed by atoms with Gasteiger partial charge in [-0.2, -0.15) is 17.5 Å². The van der Waals surface area contributed by atoms with Crippen LogP contribution >= 0.6 is 11.6 Å². The van der Waals surface area contributed by atoms with Crippen LogP contribution in [0, 0.1) is 5.92 Å².